The van der Waals surface area contributed by atoms with Gasteiger partial charge in [-0.3, -0.25) is 9.59 Å². The number of hydrogen-bond acceptors (Lipinski definition) is 6. The van der Waals surface area contributed by atoms with Crippen LogP contribution < -0.4 is 20.4 Å². The number of nitrogens with zero attached hydrogens (tertiary/aromatic N) is 4. The number of benzene rings is 2. The van der Waals surface area contributed by atoms with Gasteiger partial charge in [-0.1, -0.05) is 40.7 Å². The van der Waals surface area contributed by atoms with E-state index >= 15 is 0 Å². The molecule has 3 atom stereocenters. The minimum absolute atomic E-state index is 0.0311. The average Bonchev–Trinajstić information content (AvgIpc) is 3.04. The number of halogens is 2. The Hall–Kier alpha value is -3.92. The lowest BCUT2D eigenvalue weighted by atomic mass is 9.81. The smallest absolute Gasteiger partial charge is 0.246 e. The van der Waals surface area contributed by atoms with Crippen molar-refractivity contribution in [2.24, 2.45) is 5.92 Å². The Morgan fingerprint density at radius 1 is 0.978 bits per heavy atom. The van der Waals surface area contributed by atoms with Crippen molar-refractivity contribution >= 4 is 44.9 Å². The number of anilines is 3. The molecule has 6 rings (SSSR count). The van der Waals surface area contributed by atoms with Crippen LogP contribution in [0.5, 0.6) is 0 Å². The van der Waals surface area contributed by atoms with E-state index in [2.05, 4.69) is 60.1 Å². The van der Waals surface area contributed by atoms with Gasteiger partial charge < -0.3 is 25.3 Å². The number of likely N-dealkylation sites (tertiary alicyclic amines) is 1. The number of pyridine rings is 1. The van der Waals surface area contributed by atoms with Crippen molar-refractivity contribution < 1.29 is 14.0 Å². The Bertz CT molecular complexity index is 1510. The fraction of sp³-hybridized carbons (Fsp3) is 0.400. The van der Waals surface area contributed by atoms with Crippen molar-refractivity contribution in [2.75, 3.05) is 54.4 Å². The van der Waals surface area contributed by atoms with Crippen molar-refractivity contribution in [3.63, 3.8) is 0 Å². The summed E-state index contributed by atoms with van der Waals surface area (Å²) in [7, 11) is 0. The van der Waals surface area contributed by atoms with E-state index in [1.807, 2.05) is 36.5 Å². The van der Waals surface area contributed by atoms with Crippen LogP contribution in [0.1, 0.15) is 37.2 Å². The zero-order chi connectivity index (χ0) is 31.3. The van der Waals surface area contributed by atoms with E-state index in [-0.39, 0.29) is 29.6 Å². The predicted molar refractivity (Wildman–Crippen MR) is 180 cm³/mol. The minimum Gasteiger partial charge on any atom is -0.371 e. The lowest BCUT2D eigenvalue weighted by molar-refractivity contribution is -0.146. The third-order valence-electron chi connectivity index (χ3n) is 9.37. The zero-order valence-corrected chi connectivity index (χ0v) is 27.0. The molecule has 236 valence electrons. The highest BCUT2D eigenvalue weighted by Gasteiger charge is 2.46. The van der Waals surface area contributed by atoms with Gasteiger partial charge in [-0.15, -0.1) is 0 Å². The van der Waals surface area contributed by atoms with E-state index < -0.39 is 6.04 Å². The van der Waals surface area contributed by atoms with Crippen LogP contribution >= 0.6 is 15.9 Å². The normalized spacial score (nSPS) is 22.0. The van der Waals surface area contributed by atoms with Gasteiger partial charge in [-0.05, 0) is 79.6 Å². The molecule has 10 heteroatoms. The fourth-order valence-corrected chi connectivity index (χ4v) is 7.09. The molecule has 0 spiro atoms. The summed E-state index contributed by atoms with van der Waals surface area (Å²) in [6.07, 6.45) is 7.14. The summed E-state index contributed by atoms with van der Waals surface area (Å²) in [4.78, 5) is 36.6. The Balaban J connectivity index is 0.998. The van der Waals surface area contributed by atoms with Crippen LogP contribution in [0.2, 0.25) is 0 Å². The zero-order valence-electron chi connectivity index (χ0n) is 25.4. The van der Waals surface area contributed by atoms with E-state index in [4.69, 9.17) is 0 Å². The number of nitrogens with one attached hydrogen (secondary N) is 2. The lowest BCUT2D eigenvalue weighted by Crippen LogP contribution is -2.63. The van der Waals surface area contributed by atoms with Crippen molar-refractivity contribution in [2.45, 2.75) is 43.7 Å². The van der Waals surface area contributed by atoms with Crippen LogP contribution in [0.3, 0.4) is 0 Å². The molecule has 0 radical (unpaired) electrons. The summed E-state index contributed by atoms with van der Waals surface area (Å²) < 4.78 is 14.8. The largest absolute Gasteiger partial charge is 0.371 e. The molecule has 0 aliphatic carbocycles. The highest BCUT2D eigenvalue weighted by Crippen LogP contribution is 2.35. The number of piperidine rings is 2. The molecule has 3 fully saturated rings. The first-order chi connectivity index (χ1) is 21.9. The third kappa shape index (κ3) is 7.32. The van der Waals surface area contributed by atoms with Crippen LogP contribution in [0.4, 0.5) is 21.6 Å². The SMILES string of the molecule is C=CC(=O)N1C[C@H](c2ccc(Br)cc2)[C@@H]1C(=O)NCC1CCN(c2ccnc(N[C@@H]3CCCN(c4cccc(F)c4)C3)c2)CC1. The average molecular weight is 676 g/mol. The van der Waals surface area contributed by atoms with Crippen LogP contribution in [0, 0.1) is 11.7 Å². The maximum Gasteiger partial charge on any atom is 0.246 e. The molecule has 2 N–H and O–H groups in total. The van der Waals surface area contributed by atoms with Crippen LogP contribution in [-0.2, 0) is 9.59 Å². The molecule has 45 heavy (non-hydrogen) atoms. The third-order valence-corrected chi connectivity index (χ3v) is 9.90. The fourth-order valence-electron chi connectivity index (χ4n) is 6.82. The first-order valence-electron chi connectivity index (χ1n) is 15.8. The number of carbonyl (C=O) groups is 2. The van der Waals surface area contributed by atoms with Crippen LogP contribution in [0.25, 0.3) is 0 Å². The van der Waals surface area contributed by atoms with Gasteiger partial charge in [0, 0.05) is 79.3 Å². The standard InChI is InChI=1S/C35H40BrFN6O2/c1-2-33(44)43-23-31(25-8-10-26(36)11-9-25)34(43)35(45)39-21-24-13-17-41(18-14-24)30-12-15-38-32(20-30)40-28-6-4-16-42(22-28)29-7-3-5-27(37)19-29/h2-3,5,7-12,15,19-20,24,28,31,34H,1,4,6,13-14,16-18,21-23H2,(H,38,40)(H,39,45)/t28-,31-,34-/m1/s1. The molecule has 0 unspecified atom stereocenters. The summed E-state index contributed by atoms with van der Waals surface area (Å²) in [5, 5.41) is 6.78. The summed E-state index contributed by atoms with van der Waals surface area (Å²) >= 11 is 3.47. The molecule has 4 heterocycles. The summed E-state index contributed by atoms with van der Waals surface area (Å²) in [5.41, 5.74) is 3.11. The Morgan fingerprint density at radius 2 is 1.76 bits per heavy atom. The first-order valence-corrected chi connectivity index (χ1v) is 16.6. The summed E-state index contributed by atoms with van der Waals surface area (Å²) in [5.74, 6) is 0.670. The lowest BCUT2D eigenvalue weighted by Gasteiger charge is -2.47. The molecule has 0 bridgehead atoms. The predicted octanol–water partition coefficient (Wildman–Crippen LogP) is 5.58. The minimum atomic E-state index is -0.524. The number of carbonyl (C=O) groups excluding carboxylic acids is 2. The molecule has 2 amide bonds. The van der Waals surface area contributed by atoms with E-state index in [0.717, 1.165) is 79.1 Å². The second kappa shape index (κ2) is 14.0. The van der Waals surface area contributed by atoms with Gasteiger partial charge in [0.2, 0.25) is 11.8 Å². The second-order valence-electron chi connectivity index (χ2n) is 12.3. The number of rotatable bonds is 9. The van der Waals surface area contributed by atoms with Crippen molar-refractivity contribution in [3.8, 4) is 0 Å². The quantitative estimate of drug-likeness (QED) is 0.289. The van der Waals surface area contributed by atoms with E-state index in [9.17, 15) is 14.0 Å². The molecule has 2 aromatic carbocycles. The number of amides is 2. The van der Waals surface area contributed by atoms with Gasteiger partial charge in [-0.25, -0.2) is 9.37 Å². The number of aromatic nitrogens is 1. The van der Waals surface area contributed by atoms with Gasteiger partial charge >= 0.3 is 0 Å². The van der Waals surface area contributed by atoms with Gasteiger partial charge in [0.05, 0.1) is 0 Å². The van der Waals surface area contributed by atoms with Crippen molar-refractivity contribution in [3.05, 3.63) is 95.4 Å². The Morgan fingerprint density at radius 3 is 2.51 bits per heavy atom. The molecule has 1 aromatic heterocycles. The van der Waals surface area contributed by atoms with Crippen molar-refractivity contribution in [1.82, 2.24) is 15.2 Å². The summed E-state index contributed by atoms with van der Waals surface area (Å²) in [6.45, 7) is 8.23. The molecule has 3 aliphatic rings. The van der Waals surface area contributed by atoms with Gasteiger partial charge in [-0.2, -0.15) is 0 Å². The van der Waals surface area contributed by atoms with Gasteiger partial charge in [0.25, 0.3) is 0 Å². The molecule has 8 nitrogen and oxygen atoms in total. The molecule has 3 aromatic rings. The molecule has 3 aliphatic heterocycles. The highest BCUT2D eigenvalue weighted by atomic mass is 79.9. The molecular weight excluding hydrogens is 635 g/mol. The first kappa shape index (κ1) is 31.1. The van der Waals surface area contributed by atoms with E-state index in [1.165, 1.54) is 12.1 Å². The Labute approximate surface area is 272 Å². The van der Waals surface area contributed by atoms with Crippen molar-refractivity contribution in [1.29, 1.82) is 0 Å². The van der Waals surface area contributed by atoms with E-state index in [1.54, 1.807) is 17.0 Å². The molecular formula is C35H40BrFN6O2. The Kier molecular flexibility index (Phi) is 9.68. The second-order valence-corrected chi connectivity index (χ2v) is 13.2. The maximum atomic E-state index is 13.8. The maximum absolute atomic E-state index is 13.8. The van der Waals surface area contributed by atoms with Gasteiger partial charge in [0.1, 0.15) is 17.7 Å². The molecule has 0 saturated carbocycles. The summed E-state index contributed by atoms with van der Waals surface area (Å²) in [6, 6.07) is 18.6. The van der Waals surface area contributed by atoms with Crippen LogP contribution in [0.15, 0.2) is 84.0 Å². The highest BCUT2D eigenvalue weighted by molar-refractivity contribution is 9.10. The number of hydrogen-bond donors (Lipinski definition) is 2. The molecule has 3 saturated heterocycles. The van der Waals surface area contributed by atoms with E-state index in [0.29, 0.717) is 19.0 Å². The monoisotopic (exact) mass is 674 g/mol. The van der Waals surface area contributed by atoms with Gasteiger partial charge in [0.15, 0.2) is 0 Å². The topological polar surface area (TPSA) is 80.8 Å². The van der Waals surface area contributed by atoms with Crippen LogP contribution in [-0.4, -0.2) is 73.1 Å².